The van der Waals surface area contributed by atoms with Crippen LogP contribution in [0.5, 0.6) is 5.88 Å². The van der Waals surface area contributed by atoms with Gasteiger partial charge in [0, 0.05) is 36.1 Å². The highest BCUT2D eigenvalue weighted by Crippen LogP contribution is 2.39. The van der Waals surface area contributed by atoms with Crippen LogP contribution in [-0.4, -0.2) is 44.4 Å². The number of aryl methyl sites for hydroxylation is 1. The van der Waals surface area contributed by atoms with Crippen molar-refractivity contribution in [3.63, 3.8) is 0 Å². The Hall–Kier alpha value is -3.01. The van der Waals surface area contributed by atoms with Crippen molar-refractivity contribution in [3.8, 4) is 16.6 Å². The first-order valence-electron chi connectivity index (χ1n) is 10.7. The number of fused-ring (bicyclic) bond motifs is 3. The average molecular weight is 475 g/mol. The summed E-state index contributed by atoms with van der Waals surface area (Å²) in [6, 6.07) is 5.62. The van der Waals surface area contributed by atoms with Gasteiger partial charge in [0.2, 0.25) is 5.88 Å². The lowest BCUT2D eigenvalue weighted by atomic mass is 9.77. The molecule has 0 spiro atoms. The maximum atomic E-state index is 13.6. The van der Waals surface area contributed by atoms with Gasteiger partial charge >= 0.3 is 6.18 Å². The summed E-state index contributed by atoms with van der Waals surface area (Å²) in [5, 5.41) is 2.53. The number of carbonyl (C=O) groups is 1. The van der Waals surface area contributed by atoms with Gasteiger partial charge in [0.05, 0.1) is 17.2 Å². The molecule has 1 amide bonds. The molecule has 3 aromatic heterocycles. The smallest absolute Gasteiger partial charge is 0.417 e. The molecule has 3 atom stereocenters. The van der Waals surface area contributed by atoms with Gasteiger partial charge in [-0.3, -0.25) is 4.79 Å². The van der Waals surface area contributed by atoms with Crippen molar-refractivity contribution >= 4 is 17.2 Å². The SMILES string of the molecule is Cc1ccc(C(=O)N2C[C@@H]3CC[C@H]2[C@H](Oc2ccc(C(F)(F)F)cn2)C3)c(-c2nccs2)n1. The maximum Gasteiger partial charge on any atom is 0.417 e. The van der Waals surface area contributed by atoms with E-state index in [0.717, 1.165) is 37.2 Å². The zero-order chi connectivity index (χ0) is 23.2. The summed E-state index contributed by atoms with van der Waals surface area (Å²) in [4.78, 5) is 28.2. The Balaban J connectivity index is 1.39. The molecule has 2 aliphatic heterocycles. The molecule has 2 saturated heterocycles. The number of hydrogen-bond donors (Lipinski definition) is 0. The predicted octanol–water partition coefficient (Wildman–Crippen LogP) is 5.00. The minimum absolute atomic E-state index is 0.129. The first-order chi connectivity index (χ1) is 15.8. The van der Waals surface area contributed by atoms with Gasteiger partial charge in [-0.2, -0.15) is 13.2 Å². The van der Waals surface area contributed by atoms with E-state index in [1.54, 1.807) is 12.3 Å². The highest BCUT2D eigenvalue weighted by molar-refractivity contribution is 7.13. The van der Waals surface area contributed by atoms with Crippen LogP contribution in [0.2, 0.25) is 0 Å². The molecule has 3 aliphatic rings. The van der Waals surface area contributed by atoms with Crippen LogP contribution in [0.3, 0.4) is 0 Å². The molecule has 10 heteroatoms. The first kappa shape index (κ1) is 21.8. The van der Waals surface area contributed by atoms with E-state index in [4.69, 9.17) is 4.74 Å². The van der Waals surface area contributed by atoms with Gasteiger partial charge in [-0.05, 0) is 50.3 Å². The molecule has 0 aromatic carbocycles. The van der Waals surface area contributed by atoms with Crippen molar-refractivity contribution < 1.29 is 22.7 Å². The Morgan fingerprint density at radius 1 is 1.18 bits per heavy atom. The van der Waals surface area contributed by atoms with E-state index in [0.29, 0.717) is 22.8 Å². The molecule has 3 fully saturated rings. The molecule has 5 heterocycles. The van der Waals surface area contributed by atoms with Gasteiger partial charge in [-0.1, -0.05) is 0 Å². The van der Waals surface area contributed by atoms with Crippen molar-refractivity contribution in [1.29, 1.82) is 0 Å². The van der Waals surface area contributed by atoms with Crippen LogP contribution in [0.25, 0.3) is 10.7 Å². The molecule has 6 rings (SSSR count). The number of hydrogen-bond acceptors (Lipinski definition) is 6. The number of piperidine rings is 2. The van der Waals surface area contributed by atoms with E-state index >= 15 is 0 Å². The van der Waals surface area contributed by atoms with Crippen molar-refractivity contribution in [2.75, 3.05) is 6.54 Å². The molecule has 0 radical (unpaired) electrons. The van der Waals surface area contributed by atoms with E-state index in [1.807, 2.05) is 23.3 Å². The van der Waals surface area contributed by atoms with E-state index in [1.165, 1.54) is 17.4 Å². The van der Waals surface area contributed by atoms with Crippen LogP contribution in [0.4, 0.5) is 13.2 Å². The summed E-state index contributed by atoms with van der Waals surface area (Å²) in [7, 11) is 0. The van der Waals surface area contributed by atoms with E-state index in [9.17, 15) is 18.0 Å². The number of alkyl halides is 3. The number of nitrogens with zero attached hydrogens (tertiary/aromatic N) is 4. The van der Waals surface area contributed by atoms with Gasteiger partial charge in [0.1, 0.15) is 16.8 Å². The third-order valence-corrected chi connectivity index (χ3v) is 7.00. The van der Waals surface area contributed by atoms with Crippen LogP contribution >= 0.6 is 11.3 Å². The van der Waals surface area contributed by atoms with Crippen LogP contribution in [0.1, 0.15) is 40.9 Å². The third kappa shape index (κ3) is 4.31. The second-order valence-electron chi connectivity index (χ2n) is 8.43. The van der Waals surface area contributed by atoms with E-state index in [2.05, 4.69) is 15.0 Å². The van der Waals surface area contributed by atoms with E-state index in [-0.39, 0.29) is 29.9 Å². The number of halogens is 3. The number of pyridine rings is 2. The van der Waals surface area contributed by atoms with Crippen LogP contribution < -0.4 is 4.74 Å². The van der Waals surface area contributed by atoms with Gasteiger partial charge in [0.25, 0.3) is 5.91 Å². The summed E-state index contributed by atoms with van der Waals surface area (Å²) in [5.74, 6) is 0.268. The van der Waals surface area contributed by atoms with Gasteiger partial charge < -0.3 is 9.64 Å². The molecule has 0 unspecified atom stereocenters. The second-order valence-corrected chi connectivity index (χ2v) is 9.32. The lowest BCUT2D eigenvalue weighted by Crippen LogP contribution is -2.59. The van der Waals surface area contributed by atoms with E-state index < -0.39 is 11.7 Å². The molecule has 2 bridgehead atoms. The van der Waals surface area contributed by atoms with Gasteiger partial charge in [-0.25, -0.2) is 15.0 Å². The predicted molar refractivity (Wildman–Crippen MR) is 116 cm³/mol. The van der Waals surface area contributed by atoms with Crippen LogP contribution in [-0.2, 0) is 6.18 Å². The summed E-state index contributed by atoms with van der Waals surface area (Å²) < 4.78 is 44.5. The van der Waals surface area contributed by atoms with Crippen molar-refractivity contribution in [1.82, 2.24) is 19.9 Å². The minimum Gasteiger partial charge on any atom is -0.472 e. The largest absolute Gasteiger partial charge is 0.472 e. The Kier molecular flexibility index (Phi) is 5.55. The molecule has 172 valence electrons. The summed E-state index contributed by atoms with van der Waals surface area (Å²) in [6.07, 6.45) is 0.179. The molecule has 6 nitrogen and oxygen atoms in total. The zero-order valence-corrected chi connectivity index (χ0v) is 18.6. The Morgan fingerprint density at radius 3 is 2.70 bits per heavy atom. The molecule has 33 heavy (non-hydrogen) atoms. The molecule has 0 N–H and O–H groups in total. The summed E-state index contributed by atoms with van der Waals surface area (Å²) >= 11 is 1.43. The molecular weight excluding hydrogens is 453 g/mol. The fourth-order valence-corrected chi connectivity index (χ4v) is 5.29. The summed E-state index contributed by atoms with van der Waals surface area (Å²) in [6.45, 7) is 2.49. The second kappa shape index (κ2) is 8.40. The fourth-order valence-electron chi connectivity index (χ4n) is 4.65. The monoisotopic (exact) mass is 474 g/mol. The number of rotatable bonds is 4. The van der Waals surface area contributed by atoms with Gasteiger partial charge in [-0.15, -0.1) is 11.3 Å². The molecular formula is C23H21F3N4O2S. The lowest BCUT2D eigenvalue weighted by molar-refractivity contribution is -0.137. The normalized spacial score (nSPS) is 22.4. The highest BCUT2D eigenvalue weighted by atomic mass is 32.1. The Bertz CT molecular complexity index is 1150. The van der Waals surface area contributed by atoms with Crippen molar-refractivity contribution in [3.05, 3.63) is 58.9 Å². The van der Waals surface area contributed by atoms with Crippen LogP contribution in [0.15, 0.2) is 42.0 Å². The number of aromatic nitrogens is 3. The van der Waals surface area contributed by atoms with Crippen LogP contribution in [0, 0.1) is 12.8 Å². The Labute approximate surface area is 192 Å². The third-order valence-electron chi connectivity index (χ3n) is 6.22. The molecule has 1 saturated carbocycles. The maximum absolute atomic E-state index is 13.6. The average Bonchev–Trinajstić information content (AvgIpc) is 3.33. The number of ether oxygens (including phenoxy) is 1. The van der Waals surface area contributed by atoms with Crippen molar-refractivity contribution in [2.45, 2.75) is 44.5 Å². The highest BCUT2D eigenvalue weighted by Gasteiger charge is 2.45. The summed E-state index contributed by atoms with van der Waals surface area (Å²) in [5.41, 5.74) is 1.04. The number of carbonyl (C=O) groups excluding carboxylic acids is 1. The lowest BCUT2D eigenvalue weighted by Gasteiger charge is -2.49. The first-order valence-corrected chi connectivity index (χ1v) is 11.6. The Morgan fingerprint density at radius 2 is 2.03 bits per heavy atom. The fraction of sp³-hybridized carbons (Fsp3) is 0.391. The molecule has 1 aliphatic carbocycles. The number of amides is 1. The number of thiazole rings is 1. The van der Waals surface area contributed by atoms with Gasteiger partial charge in [0.15, 0.2) is 0 Å². The minimum atomic E-state index is -4.45. The zero-order valence-electron chi connectivity index (χ0n) is 17.7. The van der Waals surface area contributed by atoms with Crippen molar-refractivity contribution in [2.24, 2.45) is 5.92 Å². The molecule has 3 aromatic rings. The topological polar surface area (TPSA) is 68.2 Å². The standard InChI is InChI=1S/C23H21F3N4O2S/c1-13-2-5-16(20(29-13)21-27-8-9-33-21)22(31)30-12-14-3-6-17(30)18(10-14)32-19-7-4-15(11-28-19)23(24,25)26/h2,4-5,7-9,11,14,17-18H,3,6,10,12H2,1H3/t14-,17+,18-/m1/s1. The quantitative estimate of drug-likeness (QED) is 0.532.